The van der Waals surface area contributed by atoms with Crippen molar-refractivity contribution >= 4 is 11.3 Å². The van der Waals surface area contributed by atoms with Crippen molar-refractivity contribution in [3.8, 4) is 0 Å². The molecule has 1 heterocycles. The maximum Gasteiger partial charge on any atom is 0.0134 e. The summed E-state index contributed by atoms with van der Waals surface area (Å²) < 4.78 is 0. The Morgan fingerprint density at radius 2 is 2.00 bits per heavy atom. The highest BCUT2D eigenvalue weighted by molar-refractivity contribution is 7.12. The Hall–Kier alpha value is -0.340. The lowest BCUT2D eigenvalue weighted by atomic mass is 9.86. The number of thiophene rings is 1. The molecule has 0 atom stereocenters. The predicted octanol–water partition coefficient (Wildman–Crippen LogP) is 2.99. The van der Waals surface area contributed by atoms with E-state index in [1.807, 2.05) is 11.3 Å². The van der Waals surface area contributed by atoms with Crippen molar-refractivity contribution in [1.82, 2.24) is 0 Å². The van der Waals surface area contributed by atoms with Crippen molar-refractivity contribution in [3.63, 3.8) is 0 Å². The third-order valence-corrected chi connectivity index (χ3v) is 3.94. The number of aryl methyl sites for hydroxylation is 2. The zero-order valence-corrected chi connectivity index (χ0v) is 9.79. The molecule has 0 aliphatic carbocycles. The minimum absolute atomic E-state index is 0.248. The summed E-state index contributed by atoms with van der Waals surface area (Å²) in [4.78, 5) is 2.90. The fourth-order valence-corrected chi connectivity index (χ4v) is 2.94. The van der Waals surface area contributed by atoms with Gasteiger partial charge in [-0.1, -0.05) is 13.8 Å². The van der Waals surface area contributed by atoms with E-state index < -0.39 is 0 Å². The summed E-state index contributed by atoms with van der Waals surface area (Å²) in [6, 6.07) is 2.26. The van der Waals surface area contributed by atoms with Gasteiger partial charge in [0.05, 0.1) is 0 Å². The van der Waals surface area contributed by atoms with Crippen molar-refractivity contribution in [2.45, 2.75) is 39.5 Å². The number of rotatable bonds is 3. The molecule has 0 spiro atoms. The maximum atomic E-state index is 5.61. The summed E-state index contributed by atoms with van der Waals surface area (Å²) in [6.45, 7) is 9.68. The molecular formula is C11H19NS. The summed E-state index contributed by atoms with van der Waals surface area (Å²) in [5, 5.41) is 0. The van der Waals surface area contributed by atoms with Gasteiger partial charge in [-0.2, -0.15) is 0 Å². The van der Waals surface area contributed by atoms with Crippen molar-refractivity contribution in [1.29, 1.82) is 0 Å². The Bertz CT molecular complexity index is 286. The molecule has 0 aliphatic heterocycles. The fourth-order valence-electron chi connectivity index (χ4n) is 1.79. The first-order valence-electron chi connectivity index (χ1n) is 4.75. The van der Waals surface area contributed by atoms with Gasteiger partial charge in [0.25, 0.3) is 0 Å². The third-order valence-electron chi connectivity index (χ3n) is 2.42. The molecule has 0 unspecified atom stereocenters. The first kappa shape index (κ1) is 10.7. The summed E-state index contributed by atoms with van der Waals surface area (Å²) in [5.41, 5.74) is 7.28. The van der Waals surface area contributed by atoms with E-state index in [-0.39, 0.29) is 5.41 Å². The lowest BCUT2D eigenvalue weighted by molar-refractivity contribution is 0.495. The average molecular weight is 197 g/mol. The molecule has 0 saturated carbocycles. The van der Waals surface area contributed by atoms with Gasteiger partial charge >= 0.3 is 0 Å². The van der Waals surface area contributed by atoms with Crippen LogP contribution < -0.4 is 5.73 Å². The highest BCUT2D eigenvalue weighted by atomic mass is 32.1. The van der Waals surface area contributed by atoms with Gasteiger partial charge in [-0.25, -0.2) is 0 Å². The van der Waals surface area contributed by atoms with Gasteiger partial charge in [-0.3, -0.25) is 0 Å². The van der Waals surface area contributed by atoms with E-state index in [9.17, 15) is 0 Å². The molecule has 0 radical (unpaired) electrons. The minimum Gasteiger partial charge on any atom is -0.330 e. The molecule has 13 heavy (non-hydrogen) atoms. The molecule has 0 amide bonds. The molecule has 2 N–H and O–H groups in total. The van der Waals surface area contributed by atoms with Crippen molar-refractivity contribution in [2.24, 2.45) is 5.73 Å². The van der Waals surface area contributed by atoms with E-state index in [0.717, 1.165) is 13.0 Å². The number of hydrogen-bond donors (Lipinski definition) is 1. The normalized spacial score (nSPS) is 12.1. The Morgan fingerprint density at radius 3 is 2.38 bits per heavy atom. The molecule has 0 saturated heterocycles. The quantitative estimate of drug-likeness (QED) is 0.792. The van der Waals surface area contributed by atoms with Crippen molar-refractivity contribution < 1.29 is 0 Å². The zero-order chi connectivity index (χ0) is 10.1. The van der Waals surface area contributed by atoms with E-state index in [0.29, 0.717) is 0 Å². The number of hydrogen-bond acceptors (Lipinski definition) is 2. The smallest absolute Gasteiger partial charge is 0.0134 e. The molecule has 1 nitrogen and oxygen atoms in total. The van der Waals surface area contributed by atoms with Crippen LogP contribution in [0.25, 0.3) is 0 Å². The van der Waals surface area contributed by atoms with Crippen LogP contribution in [0.3, 0.4) is 0 Å². The molecule has 0 fully saturated rings. The highest BCUT2D eigenvalue weighted by Gasteiger charge is 2.23. The Labute approximate surface area is 85.0 Å². The van der Waals surface area contributed by atoms with Gasteiger partial charge in [0.2, 0.25) is 0 Å². The van der Waals surface area contributed by atoms with Crippen LogP contribution in [0.4, 0.5) is 0 Å². The monoisotopic (exact) mass is 197 g/mol. The van der Waals surface area contributed by atoms with E-state index in [4.69, 9.17) is 5.73 Å². The Morgan fingerprint density at radius 1 is 1.38 bits per heavy atom. The van der Waals surface area contributed by atoms with Gasteiger partial charge in [0, 0.05) is 15.2 Å². The topological polar surface area (TPSA) is 26.0 Å². The molecule has 2 heteroatoms. The highest BCUT2D eigenvalue weighted by Crippen LogP contribution is 2.35. The second-order valence-corrected chi connectivity index (χ2v) is 5.55. The second kappa shape index (κ2) is 3.81. The van der Waals surface area contributed by atoms with Crippen LogP contribution in [0, 0.1) is 13.8 Å². The third kappa shape index (κ3) is 2.32. The first-order chi connectivity index (χ1) is 5.97. The Kier molecular flexibility index (Phi) is 3.14. The largest absolute Gasteiger partial charge is 0.330 e. The van der Waals surface area contributed by atoms with Gasteiger partial charge in [-0.05, 0) is 38.4 Å². The van der Waals surface area contributed by atoms with E-state index >= 15 is 0 Å². The SMILES string of the molecule is Cc1cc(C)c(C(C)(C)CCN)s1. The number of nitrogens with two attached hydrogens (primary N) is 1. The summed E-state index contributed by atoms with van der Waals surface area (Å²) in [5.74, 6) is 0. The van der Waals surface area contributed by atoms with Gasteiger partial charge in [-0.15, -0.1) is 11.3 Å². The standard InChI is InChI=1S/C11H19NS/c1-8-7-9(2)13-10(8)11(3,4)5-6-12/h7H,5-6,12H2,1-4H3. The van der Waals surface area contributed by atoms with Crippen LogP contribution in [-0.2, 0) is 5.41 Å². The molecular weight excluding hydrogens is 178 g/mol. The lowest BCUT2D eigenvalue weighted by Gasteiger charge is -2.23. The molecule has 0 aliphatic rings. The average Bonchev–Trinajstić information content (AvgIpc) is 2.30. The summed E-state index contributed by atoms with van der Waals surface area (Å²) in [6.07, 6.45) is 1.06. The predicted molar refractivity (Wildman–Crippen MR) is 60.5 cm³/mol. The minimum atomic E-state index is 0.248. The van der Waals surface area contributed by atoms with Crippen molar-refractivity contribution in [3.05, 3.63) is 21.4 Å². The molecule has 0 bridgehead atoms. The maximum absolute atomic E-state index is 5.61. The lowest BCUT2D eigenvalue weighted by Crippen LogP contribution is -2.21. The van der Waals surface area contributed by atoms with Crippen molar-refractivity contribution in [2.75, 3.05) is 6.54 Å². The van der Waals surface area contributed by atoms with E-state index in [1.54, 1.807) is 0 Å². The van der Waals surface area contributed by atoms with Gasteiger partial charge in [0.1, 0.15) is 0 Å². The van der Waals surface area contributed by atoms with Crippen LogP contribution in [0.2, 0.25) is 0 Å². The van der Waals surface area contributed by atoms with Crippen LogP contribution in [0.15, 0.2) is 6.07 Å². The molecule has 1 rings (SSSR count). The van der Waals surface area contributed by atoms with Crippen LogP contribution in [0.1, 0.15) is 35.6 Å². The van der Waals surface area contributed by atoms with E-state index in [2.05, 4.69) is 33.8 Å². The molecule has 0 aromatic carbocycles. The summed E-state index contributed by atoms with van der Waals surface area (Å²) in [7, 11) is 0. The van der Waals surface area contributed by atoms with Crippen LogP contribution in [-0.4, -0.2) is 6.54 Å². The summed E-state index contributed by atoms with van der Waals surface area (Å²) >= 11 is 1.91. The molecule has 1 aromatic rings. The fraction of sp³-hybridized carbons (Fsp3) is 0.636. The molecule has 74 valence electrons. The Balaban J connectivity index is 2.98. The van der Waals surface area contributed by atoms with Crippen LogP contribution >= 0.6 is 11.3 Å². The van der Waals surface area contributed by atoms with Crippen LogP contribution in [0.5, 0.6) is 0 Å². The second-order valence-electron chi connectivity index (χ2n) is 4.29. The molecule has 1 aromatic heterocycles. The van der Waals surface area contributed by atoms with Gasteiger partial charge in [0.15, 0.2) is 0 Å². The van der Waals surface area contributed by atoms with Gasteiger partial charge < -0.3 is 5.73 Å². The first-order valence-corrected chi connectivity index (χ1v) is 5.56. The zero-order valence-electron chi connectivity index (χ0n) is 8.98. The van der Waals surface area contributed by atoms with E-state index in [1.165, 1.54) is 15.3 Å².